The van der Waals surface area contributed by atoms with Crippen LogP contribution in [0.2, 0.25) is 0 Å². The molecule has 0 fully saturated rings. The molecule has 2 aromatic carbocycles. The lowest BCUT2D eigenvalue weighted by atomic mass is 10.1. The number of carboxylic acids is 2. The molecular weight excluding hydrogens is 268 g/mol. The van der Waals surface area contributed by atoms with Gasteiger partial charge in [0.05, 0.1) is 6.42 Å². The smallest absolute Gasteiger partial charge is 0.331 e. The Morgan fingerprint density at radius 1 is 0.810 bits per heavy atom. The lowest BCUT2D eigenvalue weighted by Gasteiger charge is -1.98. The second kappa shape index (κ2) is 8.32. The van der Waals surface area contributed by atoms with E-state index in [0.717, 1.165) is 0 Å². The third-order valence-corrected chi connectivity index (χ3v) is 2.55. The van der Waals surface area contributed by atoms with Crippen molar-refractivity contribution in [2.24, 2.45) is 0 Å². The zero-order valence-corrected chi connectivity index (χ0v) is 11.4. The summed E-state index contributed by atoms with van der Waals surface area (Å²) in [5, 5.41) is 16.1. The fraction of sp³-hybridized carbons (Fsp3) is 0.0588. The van der Waals surface area contributed by atoms with E-state index in [1.54, 1.807) is 0 Å². The van der Waals surface area contributed by atoms with Gasteiger partial charge < -0.3 is 10.2 Å². The minimum atomic E-state index is -1.27. The number of carboxylic acid groups (broad SMARTS) is 2. The van der Waals surface area contributed by atoms with Crippen molar-refractivity contribution in [3.63, 3.8) is 0 Å². The van der Waals surface area contributed by atoms with Gasteiger partial charge in [0.1, 0.15) is 0 Å². The number of benzene rings is 2. The summed E-state index contributed by atoms with van der Waals surface area (Å²) in [5.41, 5.74) is 2.25. The normalized spacial score (nSPS) is 9.14. The summed E-state index contributed by atoms with van der Waals surface area (Å²) in [6.45, 7) is 3.01. The highest BCUT2D eigenvalue weighted by Crippen LogP contribution is 2.17. The van der Waals surface area contributed by atoms with Gasteiger partial charge in [-0.15, -0.1) is 0 Å². The van der Waals surface area contributed by atoms with Crippen LogP contribution in [-0.4, -0.2) is 22.2 Å². The van der Waals surface area contributed by atoms with E-state index in [0.29, 0.717) is 0 Å². The van der Waals surface area contributed by atoms with E-state index in [1.807, 2.05) is 12.1 Å². The average molecular weight is 284 g/mol. The summed E-state index contributed by atoms with van der Waals surface area (Å²) in [5.74, 6) is -2.44. The van der Waals surface area contributed by atoms with Crippen molar-refractivity contribution in [2.75, 3.05) is 0 Å². The van der Waals surface area contributed by atoms with E-state index in [-0.39, 0.29) is 5.57 Å². The lowest BCUT2D eigenvalue weighted by molar-refractivity contribution is -0.139. The van der Waals surface area contributed by atoms with Crippen LogP contribution >= 0.6 is 0 Å². The Balaban J connectivity index is 0.000000222. The van der Waals surface area contributed by atoms with Crippen molar-refractivity contribution >= 4 is 11.9 Å². The Morgan fingerprint density at radius 3 is 1.43 bits per heavy atom. The predicted octanol–water partition coefficient (Wildman–Crippen LogP) is 3.46. The summed E-state index contributed by atoms with van der Waals surface area (Å²) in [4.78, 5) is 19.7. The van der Waals surface area contributed by atoms with Crippen LogP contribution in [0.1, 0.15) is 6.42 Å². The third kappa shape index (κ3) is 6.20. The molecule has 0 heterocycles. The van der Waals surface area contributed by atoms with Crippen molar-refractivity contribution in [1.29, 1.82) is 0 Å². The van der Waals surface area contributed by atoms with E-state index >= 15 is 0 Å². The van der Waals surface area contributed by atoms with E-state index in [4.69, 9.17) is 10.2 Å². The molecule has 4 nitrogen and oxygen atoms in total. The van der Waals surface area contributed by atoms with E-state index in [2.05, 4.69) is 55.1 Å². The summed E-state index contributed by atoms with van der Waals surface area (Å²) in [6.07, 6.45) is -0.505. The number of aliphatic carboxylic acids is 2. The van der Waals surface area contributed by atoms with Gasteiger partial charge in [-0.2, -0.15) is 0 Å². The van der Waals surface area contributed by atoms with Gasteiger partial charge in [0, 0.05) is 5.57 Å². The monoisotopic (exact) mass is 284 g/mol. The molecule has 0 unspecified atom stereocenters. The number of hydrogen-bond acceptors (Lipinski definition) is 2. The standard InChI is InChI=1S/C12H10.C5H6O4/c1-3-7-11(8-4-1)12-9-5-2-6-10-12;1-3(5(8)9)2-4(6)7/h1-10H;1-2H2,(H,6,7)(H,8,9). The van der Waals surface area contributed by atoms with Gasteiger partial charge in [0.25, 0.3) is 0 Å². The summed E-state index contributed by atoms with van der Waals surface area (Å²) < 4.78 is 0. The van der Waals surface area contributed by atoms with Crippen LogP contribution in [0.3, 0.4) is 0 Å². The highest BCUT2D eigenvalue weighted by Gasteiger charge is 2.07. The first-order chi connectivity index (χ1) is 10.0. The molecule has 0 saturated heterocycles. The first kappa shape index (κ1) is 16.2. The van der Waals surface area contributed by atoms with Gasteiger partial charge in [-0.25, -0.2) is 4.79 Å². The van der Waals surface area contributed by atoms with Gasteiger partial charge in [-0.1, -0.05) is 67.2 Å². The molecule has 0 aliphatic carbocycles. The summed E-state index contributed by atoms with van der Waals surface area (Å²) >= 11 is 0. The molecule has 21 heavy (non-hydrogen) atoms. The van der Waals surface area contributed by atoms with Gasteiger partial charge >= 0.3 is 11.9 Å². The van der Waals surface area contributed by atoms with Crippen molar-refractivity contribution in [3.05, 3.63) is 72.8 Å². The Kier molecular flexibility index (Phi) is 6.41. The molecule has 0 saturated carbocycles. The zero-order valence-electron chi connectivity index (χ0n) is 11.4. The minimum absolute atomic E-state index is 0.303. The highest BCUT2D eigenvalue weighted by atomic mass is 16.4. The third-order valence-electron chi connectivity index (χ3n) is 2.55. The maximum absolute atomic E-state index is 9.87. The fourth-order valence-corrected chi connectivity index (χ4v) is 1.52. The molecular formula is C17H16O4. The molecule has 2 aromatic rings. The first-order valence-corrected chi connectivity index (χ1v) is 6.24. The van der Waals surface area contributed by atoms with Gasteiger partial charge in [0.15, 0.2) is 0 Å². The number of hydrogen-bond donors (Lipinski definition) is 2. The van der Waals surface area contributed by atoms with Gasteiger partial charge in [-0.05, 0) is 11.1 Å². The summed E-state index contributed by atoms with van der Waals surface area (Å²) in [7, 11) is 0. The van der Waals surface area contributed by atoms with Crippen LogP contribution < -0.4 is 0 Å². The van der Waals surface area contributed by atoms with Crippen LogP contribution in [0.4, 0.5) is 0 Å². The second-order valence-electron chi connectivity index (χ2n) is 4.21. The van der Waals surface area contributed by atoms with Crippen LogP contribution in [0.25, 0.3) is 11.1 Å². The quantitative estimate of drug-likeness (QED) is 0.843. The largest absolute Gasteiger partial charge is 0.481 e. The van der Waals surface area contributed by atoms with E-state index < -0.39 is 18.4 Å². The molecule has 0 aliphatic heterocycles. The minimum Gasteiger partial charge on any atom is -0.481 e. The predicted molar refractivity (Wildman–Crippen MR) is 80.9 cm³/mol. The van der Waals surface area contributed by atoms with Crippen LogP contribution in [-0.2, 0) is 9.59 Å². The Hall–Kier alpha value is -2.88. The first-order valence-electron chi connectivity index (χ1n) is 6.24. The summed E-state index contributed by atoms with van der Waals surface area (Å²) in [6, 6.07) is 20.8. The lowest BCUT2D eigenvalue weighted by Crippen LogP contribution is -2.04. The molecule has 2 N–H and O–H groups in total. The van der Waals surface area contributed by atoms with Crippen molar-refractivity contribution in [3.8, 4) is 11.1 Å². The zero-order chi connectivity index (χ0) is 15.7. The topological polar surface area (TPSA) is 74.6 Å². The number of carbonyl (C=O) groups is 2. The van der Waals surface area contributed by atoms with Crippen molar-refractivity contribution < 1.29 is 19.8 Å². The second-order valence-corrected chi connectivity index (χ2v) is 4.21. The van der Waals surface area contributed by atoms with Crippen LogP contribution in [0.15, 0.2) is 72.8 Å². The Morgan fingerprint density at radius 2 is 1.19 bits per heavy atom. The molecule has 0 bridgehead atoms. The maximum Gasteiger partial charge on any atom is 0.331 e. The van der Waals surface area contributed by atoms with Crippen LogP contribution in [0.5, 0.6) is 0 Å². The average Bonchev–Trinajstić information content (AvgIpc) is 2.49. The Bertz CT molecular complexity index is 566. The molecule has 0 aliphatic rings. The van der Waals surface area contributed by atoms with Crippen molar-refractivity contribution in [1.82, 2.24) is 0 Å². The molecule has 4 heteroatoms. The molecule has 0 spiro atoms. The molecule has 0 amide bonds. The molecule has 0 atom stereocenters. The van der Waals surface area contributed by atoms with E-state index in [1.165, 1.54) is 11.1 Å². The SMILES string of the molecule is C=C(CC(=O)O)C(=O)O.c1ccc(-c2ccccc2)cc1. The molecule has 0 aromatic heterocycles. The Labute approximate surface area is 123 Å². The van der Waals surface area contributed by atoms with Gasteiger partial charge in [-0.3, -0.25) is 4.79 Å². The molecule has 0 radical (unpaired) electrons. The van der Waals surface area contributed by atoms with E-state index in [9.17, 15) is 9.59 Å². The van der Waals surface area contributed by atoms with Crippen LogP contribution in [0, 0.1) is 0 Å². The van der Waals surface area contributed by atoms with Crippen molar-refractivity contribution in [2.45, 2.75) is 6.42 Å². The van der Waals surface area contributed by atoms with Gasteiger partial charge in [0.2, 0.25) is 0 Å². The number of rotatable bonds is 4. The highest BCUT2D eigenvalue weighted by molar-refractivity contribution is 5.91. The molecule has 2 rings (SSSR count). The maximum atomic E-state index is 9.87. The molecule has 108 valence electrons. The fourth-order valence-electron chi connectivity index (χ4n) is 1.52.